The third-order valence-electron chi connectivity index (χ3n) is 4.57. The van der Waals surface area contributed by atoms with Gasteiger partial charge in [0, 0.05) is 28.3 Å². The molecule has 0 saturated heterocycles. The molecule has 132 valence electrons. The molecule has 0 amide bonds. The fourth-order valence-corrected chi connectivity index (χ4v) is 4.51. The molecule has 2 nitrogen and oxygen atoms in total. The summed E-state index contributed by atoms with van der Waals surface area (Å²) < 4.78 is 6.58. The third kappa shape index (κ3) is 3.64. The third-order valence-corrected chi connectivity index (χ3v) is 5.71. The van der Waals surface area contributed by atoms with Crippen molar-refractivity contribution in [2.45, 2.75) is 23.3 Å². The minimum absolute atomic E-state index is 0.0768. The van der Waals surface area contributed by atoms with Gasteiger partial charge >= 0.3 is 0 Å². The largest absolute Gasteiger partial charge is 0.481 e. The van der Waals surface area contributed by atoms with Crippen molar-refractivity contribution >= 4 is 11.8 Å². The first-order valence-corrected chi connectivity index (χ1v) is 9.89. The molecule has 1 atom stereocenters. The molecule has 3 aromatic rings. The van der Waals surface area contributed by atoms with Gasteiger partial charge in [-0.3, -0.25) is 0 Å². The Morgan fingerprint density at radius 1 is 0.923 bits per heavy atom. The molecule has 1 aliphatic rings. The van der Waals surface area contributed by atoms with Gasteiger partial charge in [-0.05, 0) is 43.4 Å². The van der Waals surface area contributed by atoms with Gasteiger partial charge in [0.05, 0.1) is 0 Å². The van der Waals surface area contributed by atoms with Gasteiger partial charge in [-0.15, -0.1) is 11.8 Å². The molecule has 0 radical (unpaired) electrons. The van der Waals surface area contributed by atoms with Gasteiger partial charge < -0.3 is 9.64 Å². The molecule has 0 aliphatic carbocycles. The average molecular weight is 362 g/mol. The Morgan fingerprint density at radius 2 is 1.69 bits per heavy atom. The van der Waals surface area contributed by atoms with Crippen LogP contribution >= 0.6 is 11.8 Å². The Balaban J connectivity index is 1.74. The number of thioether (sulfide) groups is 1. The lowest BCUT2D eigenvalue weighted by Gasteiger charge is -2.22. The van der Waals surface area contributed by atoms with Crippen LogP contribution in [0, 0.1) is 0 Å². The highest BCUT2D eigenvalue weighted by Crippen LogP contribution is 2.41. The molecule has 1 heterocycles. The smallest absolute Gasteiger partial charge is 0.150 e. The van der Waals surface area contributed by atoms with Gasteiger partial charge in [-0.25, -0.2) is 0 Å². The molecule has 0 N–H and O–H groups in total. The maximum Gasteiger partial charge on any atom is 0.150 e. The molecule has 0 fully saturated rings. The van der Waals surface area contributed by atoms with Gasteiger partial charge in [0.2, 0.25) is 0 Å². The highest BCUT2D eigenvalue weighted by molar-refractivity contribution is 7.98. The van der Waals surface area contributed by atoms with Gasteiger partial charge in [-0.2, -0.15) is 0 Å². The van der Waals surface area contributed by atoms with Crippen molar-refractivity contribution in [3.05, 3.63) is 95.1 Å². The van der Waals surface area contributed by atoms with Crippen molar-refractivity contribution in [1.82, 2.24) is 4.90 Å². The lowest BCUT2D eigenvalue weighted by molar-refractivity contribution is 0.243. The molecule has 0 spiro atoms. The second kappa shape index (κ2) is 7.56. The van der Waals surface area contributed by atoms with Crippen LogP contribution in [0.4, 0.5) is 0 Å². The SMILES string of the molecule is CN(C)Cc1cccc(OC2c3ccccc3CSc3ccccc32)c1. The maximum atomic E-state index is 6.58. The number of nitrogens with zero attached hydrogens (tertiary/aromatic N) is 1. The van der Waals surface area contributed by atoms with E-state index in [-0.39, 0.29) is 6.10 Å². The van der Waals surface area contributed by atoms with E-state index in [0.29, 0.717) is 0 Å². The van der Waals surface area contributed by atoms with E-state index in [1.54, 1.807) is 0 Å². The van der Waals surface area contributed by atoms with E-state index in [1.165, 1.54) is 27.1 Å². The molecule has 1 aliphatic heterocycles. The topological polar surface area (TPSA) is 12.5 Å². The van der Waals surface area contributed by atoms with Crippen LogP contribution in [-0.2, 0) is 12.3 Å². The quantitative estimate of drug-likeness (QED) is 0.607. The van der Waals surface area contributed by atoms with Crippen molar-refractivity contribution in [2.75, 3.05) is 14.1 Å². The standard InChI is InChI=1S/C23H23NOS/c1-24(2)15-17-8-7-10-19(14-17)25-23-20-11-4-3-9-18(20)16-26-22-13-6-5-12-21(22)23/h3-14,23H,15-16H2,1-2H3. The number of hydrogen-bond donors (Lipinski definition) is 0. The maximum absolute atomic E-state index is 6.58. The van der Waals surface area contributed by atoms with Gasteiger partial charge in [0.15, 0.2) is 6.10 Å². The number of rotatable bonds is 4. The van der Waals surface area contributed by atoms with Crippen molar-refractivity contribution in [2.24, 2.45) is 0 Å². The number of ether oxygens (including phenoxy) is 1. The molecule has 1 unspecified atom stereocenters. The second-order valence-electron chi connectivity index (χ2n) is 6.91. The van der Waals surface area contributed by atoms with Crippen LogP contribution in [0.5, 0.6) is 5.75 Å². The normalized spacial score (nSPS) is 15.9. The lowest BCUT2D eigenvalue weighted by atomic mass is 9.97. The molecular weight excluding hydrogens is 338 g/mol. The average Bonchev–Trinajstić information content (AvgIpc) is 2.80. The molecular formula is C23H23NOS. The van der Waals surface area contributed by atoms with Crippen LogP contribution in [-0.4, -0.2) is 19.0 Å². The van der Waals surface area contributed by atoms with Crippen LogP contribution in [0.25, 0.3) is 0 Å². The van der Waals surface area contributed by atoms with E-state index in [9.17, 15) is 0 Å². The fraction of sp³-hybridized carbons (Fsp3) is 0.217. The summed E-state index contributed by atoms with van der Waals surface area (Å²) in [5.41, 5.74) is 5.13. The first-order chi connectivity index (χ1) is 12.7. The molecule has 3 aromatic carbocycles. The van der Waals surface area contributed by atoms with E-state index >= 15 is 0 Å². The first-order valence-electron chi connectivity index (χ1n) is 8.90. The Hall–Kier alpha value is -2.23. The molecule has 26 heavy (non-hydrogen) atoms. The predicted molar refractivity (Wildman–Crippen MR) is 109 cm³/mol. The van der Waals surface area contributed by atoms with E-state index in [2.05, 4.69) is 91.8 Å². The van der Waals surface area contributed by atoms with Crippen LogP contribution in [0.15, 0.2) is 77.7 Å². The van der Waals surface area contributed by atoms with Crippen LogP contribution in [0.1, 0.15) is 28.4 Å². The lowest BCUT2D eigenvalue weighted by Crippen LogP contribution is -2.12. The number of benzene rings is 3. The molecule has 0 saturated carbocycles. The van der Waals surface area contributed by atoms with Crippen molar-refractivity contribution in [1.29, 1.82) is 0 Å². The first kappa shape index (κ1) is 17.2. The monoisotopic (exact) mass is 361 g/mol. The molecule has 0 aromatic heterocycles. The zero-order chi connectivity index (χ0) is 17.9. The second-order valence-corrected chi connectivity index (χ2v) is 7.93. The van der Waals surface area contributed by atoms with E-state index in [0.717, 1.165) is 18.0 Å². The Morgan fingerprint density at radius 3 is 2.54 bits per heavy atom. The van der Waals surface area contributed by atoms with Crippen molar-refractivity contribution < 1.29 is 4.74 Å². The van der Waals surface area contributed by atoms with E-state index < -0.39 is 0 Å². The Bertz CT molecular complexity index is 858. The minimum atomic E-state index is -0.0768. The Labute approximate surface area is 159 Å². The van der Waals surface area contributed by atoms with Crippen LogP contribution in [0.2, 0.25) is 0 Å². The van der Waals surface area contributed by atoms with E-state index in [4.69, 9.17) is 4.74 Å². The zero-order valence-electron chi connectivity index (χ0n) is 15.2. The Kier molecular flexibility index (Phi) is 5.00. The van der Waals surface area contributed by atoms with Crippen molar-refractivity contribution in [3.8, 4) is 5.75 Å². The number of hydrogen-bond acceptors (Lipinski definition) is 3. The van der Waals surface area contributed by atoms with E-state index in [1.807, 2.05) is 11.8 Å². The predicted octanol–water partition coefficient (Wildman–Crippen LogP) is 5.52. The summed E-state index contributed by atoms with van der Waals surface area (Å²) >= 11 is 1.89. The summed E-state index contributed by atoms with van der Waals surface area (Å²) in [7, 11) is 4.17. The summed E-state index contributed by atoms with van der Waals surface area (Å²) in [5.74, 6) is 1.90. The molecule has 4 rings (SSSR count). The molecule has 0 bridgehead atoms. The minimum Gasteiger partial charge on any atom is -0.481 e. The summed E-state index contributed by atoms with van der Waals surface area (Å²) in [6.07, 6.45) is -0.0768. The van der Waals surface area contributed by atoms with Crippen LogP contribution in [0.3, 0.4) is 0 Å². The number of fused-ring (bicyclic) bond motifs is 2. The van der Waals surface area contributed by atoms with Gasteiger partial charge in [0.25, 0.3) is 0 Å². The fourth-order valence-electron chi connectivity index (χ4n) is 3.42. The molecule has 3 heteroatoms. The summed E-state index contributed by atoms with van der Waals surface area (Å²) in [5, 5.41) is 0. The van der Waals surface area contributed by atoms with Crippen molar-refractivity contribution in [3.63, 3.8) is 0 Å². The highest BCUT2D eigenvalue weighted by atomic mass is 32.2. The van der Waals surface area contributed by atoms with Crippen LogP contribution < -0.4 is 4.74 Å². The van der Waals surface area contributed by atoms with Gasteiger partial charge in [0.1, 0.15) is 5.75 Å². The summed E-state index contributed by atoms with van der Waals surface area (Å²) in [4.78, 5) is 3.48. The zero-order valence-corrected chi connectivity index (χ0v) is 16.0. The highest BCUT2D eigenvalue weighted by Gasteiger charge is 2.25. The summed E-state index contributed by atoms with van der Waals surface area (Å²) in [6.45, 7) is 0.908. The summed E-state index contributed by atoms with van der Waals surface area (Å²) in [6, 6.07) is 25.7. The van der Waals surface area contributed by atoms with Gasteiger partial charge in [-0.1, -0.05) is 54.6 Å².